The minimum atomic E-state index is -4.51. The maximum absolute atomic E-state index is 12.5. The lowest BCUT2D eigenvalue weighted by Gasteiger charge is -2.24. The molecule has 0 saturated heterocycles. The molecule has 0 spiro atoms. The lowest BCUT2D eigenvalue weighted by atomic mass is 9.99. The number of carboxylic acid groups (broad SMARTS) is 1. The van der Waals surface area contributed by atoms with Gasteiger partial charge in [-0.05, 0) is 31.5 Å². The van der Waals surface area contributed by atoms with E-state index in [9.17, 15) is 22.8 Å². The summed E-state index contributed by atoms with van der Waals surface area (Å²) in [6.45, 7) is 2.34. The van der Waals surface area contributed by atoms with Crippen molar-refractivity contribution in [2.75, 3.05) is 6.61 Å². The molecule has 5 nitrogen and oxygen atoms in total. The standard InChI is InChI=1S/C14H16F3NO4/c1-3-13(2,12(20)21)18-11(19)8-22-10-6-4-5-9(7-10)14(15,16)17/h4-7H,3,8H2,1-2H3,(H,18,19)(H,20,21). The van der Waals surface area contributed by atoms with Gasteiger partial charge < -0.3 is 15.2 Å². The molecule has 0 aliphatic heterocycles. The number of carbonyl (C=O) groups excluding carboxylic acids is 1. The number of rotatable bonds is 6. The normalized spacial score (nSPS) is 14.0. The Morgan fingerprint density at radius 1 is 1.32 bits per heavy atom. The Labute approximate surface area is 125 Å². The lowest BCUT2D eigenvalue weighted by molar-refractivity contribution is -0.147. The first-order chi connectivity index (χ1) is 10.1. The number of ether oxygens (including phenoxy) is 1. The second-order valence-corrected chi connectivity index (χ2v) is 4.85. The maximum atomic E-state index is 12.5. The van der Waals surface area contributed by atoms with Gasteiger partial charge in [-0.2, -0.15) is 13.2 Å². The molecule has 0 bridgehead atoms. The van der Waals surface area contributed by atoms with E-state index in [1.54, 1.807) is 6.92 Å². The molecule has 22 heavy (non-hydrogen) atoms. The molecule has 0 saturated carbocycles. The highest BCUT2D eigenvalue weighted by atomic mass is 19.4. The Hall–Kier alpha value is -2.25. The number of nitrogens with one attached hydrogen (secondary N) is 1. The molecule has 0 aromatic heterocycles. The number of carboxylic acids is 1. The molecule has 0 heterocycles. The van der Waals surface area contributed by atoms with Gasteiger partial charge in [-0.3, -0.25) is 4.79 Å². The maximum Gasteiger partial charge on any atom is 0.416 e. The van der Waals surface area contributed by atoms with Gasteiger partial charge in [-0.25, -0.2) is 4.79 Å². The molecule has 0 radical (unpaired) electrons. The van der Waals surface area contributed by atoms with E-state index < -0.39 is 35.8 Å². The predicted molar refractivity (Wildman–Crippen MR) is 71.4 cm³/mol. The Morgan fingerprint density at radius 3 is 2.45 bits per heavy atom. The van der Waals surface area contributed by atoms with Crippen LogP contribution in [0.2, 0.25) is 0 Å². The molecule has 0 aliphatic carbocycles. The third-order valence-electron chi connectivity index (χ3n) is 3.13. The van der Waals surface area contributed by atoms with Crippen LogP contribution < -0.4 is 10.1 Å². The van der Waals surface area contributed by atoms with Gasteiger partial charge in [0.05, 0.1) is 5.56 Å². The fraction of sp³-hybridized carbons (Fsp3) is 0.429. The number of halogens is 3. The van der Waals surface area contributed by atoms with E-state index in [-0.39, 0.29) is 12.2 Å². The van der Waals surface area contributed by atoms with Crippen LogP contribution in [0.1, 0.15) is 25.8 Å². The summed E-state index contributed by atoms with van der Waals surface area (Å²) >= 11 is 0. The molecule has 8 heteroatoms. The number of amides is 1. The zero-order chi connectivity index (χ0) is 17.0. The summed E-state index contributed by atoms with van der Waals surface area (Å²) in [4.78, 5) is 22.7. The van der Waals surface area contributed by atoms with E-state index in [0.717, 1.165) is 18.2 Å². The van der Waals surface area contributed by atoms with E-state index in [0.29, 0.717) is 0 Å². The average molecular weight is 319 g/mol. The van der Waals surface area contributed by atoms with Crippen molar-refractivity contribution in [2.24, 2.45) is 0 Å². The van der Waals surface area contributed by atoms with Crippen LogP contribution in [0.25, 0.3) is 0 Å². The molecule has 122 valence electrons. The first kappa shape index (κ1) is 17.8. The van der Waals surface area contributed by atoms with Gasteiger partial charge in [0.15, 0.2) is 6.61 Å². The number of benzene rings is 1. The van der Waals surface area contributed by atoms with Gasteiger partial charge in [0.25, 0.3) is 5.91 Å². The van der Waals surface area contributed by atoms with Crippen LogP contribution in [0.5, 0.6) is 5.75 Å². The molecular formula is C14H16F3NO4. The Balaban J connectivity index is 2.67. The molecule has 1 aromatic rings. The number of alkyl halides is 3. The first-order valence-electron chi connectivity index (χ1n) is 6.43. The van der Waals surface area contributed by atoms with Crippen molar-refractivity contribution in [3.05, 3.63) is 29.8 Å². The van der Waals surface area contributed by atoms with Crippen LogP contribution in [0.4, 0.5) is 13.2 Å². The van der Waals surface area contributed by atoms with Crippen LogP contribution in [-0.4, -0.2) is 29.1 Å². The second kappa shape index (κ2) is 6.67. The Kier molecular flexibility index (Phi) is 5.40. The molecule has 1 rings (SSSR count). The van der Waals surface area contributed by atoms with E-state index in [2.05, 4.69) is 5.32 Å². The molecule has 1 aromatic carbocycles. The van der Waals surface area contributed by atoms with Crippen LogP contribution in [0.3, 0.4) is 0 Å². The summed E-state index contributed by atoms with van der Waals surface area (Å²) < 4.78 is 42.5. The van der Waals surface area contributed by atoms with Crippen molar-refractivity contribution in [2.45, 2.75) is 32.0 Å². The van der Waals surface area contributed by atoms with Crippen LogP contribution >= 0.6 is 0 Å². The summed E-state index contributed by atoms with van der Waals surface area (Å²) in [7, 11) is 0. The first-order valence-corrected chi connectivity index (χ1v) is 6.43. The molecule has 0 fully saturated rings. The Bertz CT molecular complexity index is 559. The number of hydrogen-bond donors (Lipinski definition) is 2. The van der Waals surface area contributed by atoms with E-state index in [1.807, 2.05) is 0 Å². The van der Waals surface area contributed by atoms with Crippen molar-refractivity contribution in [1.82, 2.24) is 5.32 Å². The van der Waals surface area contributed by atoms with E-state index in [4.69, 9.17) is 9.84 Å². The Morgan fingerprint density at radius 2 is 1.95 bits per heavy atom. The lowest BCUT2D eigenvalue weighted by Crippen LogP contribution is -2.53. The largest absolute Gasteiger partial charge is 0.484 e. The van der Waals surface area contributed by atoms with Crippen LogP contribution in [0.15, 0.2) is 24.3 Å². The fourth-order valence-corrected chi connectivity index (χ4v) is 1.55. The number of aliphatic carboxylic acids is 1. The molecular weight excluding hydrogens is 303 g/mol. The van der Waals surface area contributed by atoms with Gasteiger partial charge in [-0.15, -0.1) is 0 Å². The van der Waals surface area contributed by atoms with Crippen molar-refractivity contribution < 1.29 is 32.6 Å². The van der Waals surface area contributed by atoms with Crippen LogP contribution in [-0.2, 0) is 15.8 Å². The molecule has 2 N–H and O–H groups in total. The molecule has 1 atom stereocenters. The van der Waals surface area contributed by atoms with Gasteiger partial charge in [0.2, 0.25) is 0 Å². The second-order valence-electron chi connectivity index (χ2n) is 4.85. The topological polar surface area (TPSA) is 75.6 Å². The van der Waals surface area contributed by atoms with E-state index >= 15 is 0 Å². The zero-order valence-corrected chi connectivity index (χ0v) is 12.0. The van der Waals surface area contributed by atoms with Crippen LogP contribution in [0, 0.1) is 0 Å². The summed E-state index contributed by atoms with van der Waals surface area (Å²) in [5.74, 6) is -2.06. The fourth-order valence-electron chi connectivity index (χ4n) is 1.55. The summed E-state index contributed by atoms with van der Waals surface area (Å²) in [6, 6.07) is 4.08. The zero-order valence-electron chi connectivity index (χ0n) is 12.0. The minimum Gasteiger partial charge on any atom is -0.484 e. The predicted octanol–water partition coefficient (Wildman–Crippen LogP) is 2.45. The van der Waals surface area contributed by atoms with Crippen molar-refractivity contribution in [3.63, 3.8) is 0 Å². The summed E-state index contributed by atoms with van der Waals surface area (Å²) in [5, 5.41) is 11.3. The third-order valence-corrected chi connectivity index (χ3v) is 3.13. The monoisotopic (exact) mass is 319 g/mol. The highest BCUT2D eigenvalue weighted by Crippen LogP contribution is 2.31. The van der Waals surface area contributed by atoms with Crippen molar-refractivity contribution in [3.8, 4) is 5.75 Å². The van der Waals surface area contributed by atoms with Crippen molar-refractivity contribution >= 4 is 11.9 Å². The SMILES string of the molecule is CCC(C)(NC(=O)COc1cccc(C(F)(F)F)c1)C(=O)O. The smallest absolute Gasteiger partial charge is 0.416 e. The molecule has 0 aliphatic rings. The summed E-state index contributed by atoms with van der Waals surface area (Å²) in [5.41, 5.74) is -2.34. The number of carbonyl (C=O) groups is 2. The summed E-state index contributed by atoms with van der Waals surface area (Å²) in [6.07, 6.45) is -4.36. The highest BCUT2D eigenvalue weighted by molar-refractivity contribution is 5.87. The van der Waals surface area contributed by atoms with Gasteiger partial charge in [0, 0.05) is 0 Å². The quantitative estimate of drug-likeness (QED) is 0.844. The highest BCUT2D eigenvalue weighted by Gasteiger charge is 2.33. The van der Waals surface area contributed by atoms with E-state index in [1.165, 1.54) is 13.0 Å². The van der Waals surface area contributed by atoms with Gasteiger partial charge in [0.1, 0.15) is 11.3 Å². The molecule has 1 amide bonds. The van der Waals surface area contributed by atoms with Gasteiger partial charge in [-0.1, -0.05) is 13.0 Å². The molecule has 1 unspecified atom stereocenters. The van der Waals surface area contributed by atoms with Crippen molar-refractivity contribution in [1.29, 1.82) is 0 Å². The third kappa shape index (κ3) is 4.64. The number of hydrogen-bond acceptors (Lipinski definition) is 3. The minimum absolute atomic E-state index is 0.126. The van der Waals surface area contributed by atoms with Gasteiger partial charge >= 0.3 is 12.1 Å². The average Bonchev–Trinajstić information content (AvgIpc) is 2.44.